The zero-order valence-electron chi connectivity index (χ0n) is 13.6. The molecule has 0 radical (unpaired) electrons. The fourth-order valence-corrected chi connectivity index (χ4v) is 2.88. The van der Waals surface area contributed by atoms with Crippen LogP contribution in [0.3, 0.4) is 0 Å². The summed E-state index contributed by atoms with van der Waals surface area (Å²) >= 11 is 0. The number of hydrogen-bond acceptors (Lipinski definition) is 2. The largest absolute Gasteiger partial charge is 0.272 e. The van der Waals surface area contributed by atoms with Gasteiger partial charge in [0.2, 0.25) is 0 Å². The molecule has 0 spiro atoms. The molecule has 0 saturated carbocycles. The van der Waals surface area contributed by atoms with Crippen molar-refractivity contribution in [3.05, 3.63) is 60.7 Å². The minimum absolute atomic E-state index is 0. The van der Waals surface area contributed by atoms with Gasteiger partial charge in [-0.1, -0.05) is 56.2 Å². The molecule has 1 heterocycles. The number of unbranched alkanes of at least 4 members (excludes halogenated alkanes) is 1. The van der Waals surface area contributed by atoms with Crippen molar-refractivity contribution in [1.29, 1.82) is 0 Å². The fraction of sp³-hybridized carbons (Fsp3) is 0.263. The van der Waals surface area contributed by atoms with E-state index >= 15 is 0 Å². The molecule has 1 aliphatic rings. The maximum atomic E-state index is 12.9. The van der Waals surface area contributed by atoms with E-state index in [0.29, 0.717) is 17.8 Å². The molecule has 0 atom stereocenters. The molecule has 2 aromatic rings. The molecule has 0 aliphatic carbocycles. The van der Waals surface area contributed by atoms with Crippen molar-refractivity contribution in [2.75, 3.05) is 10.0 Å². The Hall–Kier alpha value is -2.33. The number of para-hydroxylation sites is 2. The Labute approximate surface area is 148 Å². The first kappa shape index (κ1) is 18.0. The number of hydrogen-bond donors (Lipinski definition) is 0. The van der Waals surface area contributed by atoms with Crippen molar-refractivity contribution < 1.29 is 9.59 Å². The Balaban J connectivity index is 0.00000208. The van der Waals surface area contributed by atoms with Crippen LogP contribution in [0.4, 0.5) is 11.4 Å². The third-order valence-electron chi connectivity index (χ3n) is 4.06. The summed E-state index contributed by atoms with van der Waals surface area (Å²) in [5.41, 5.74) is 1.43. The summed E-state index contributed by atoms with van der Waals surface area (Å²) in [4.78, 5) is 25.7. The van der Waals surface area contributed by atoms with E-state index < -0.39 is 5.92 Å². The molecule has 2 aromatic carbocycles. The first-order valence-electron chi connectivity index (χ1n) is 8.02. The molecule has 1 fully saturated rings. The number of amides is 2. The maximum Gasteiger partial charge on any atom is 0.258 e. The zero-order valence-corrected chi connectivity index (χ0v) is 14.4. The van der Waals surface area contributed by atoms with Crippen molar-refractivity contribution >= 4 is 35.6 Å². The van der Waals surface area contributed by atoms with E-state index in [0.717, 1.165) is 12.8 Å². The number of carbonyl (C=O) groups is 2. The van der Waals surface area contributed by atoms with Crippen LogP contribution in [0.2, 0.25) is 0 Å². The van der Waals surface area contributed by atoms with Gasteiger partial charge in [-0.3, -0.25) is 9.59 Å². The minimum atomic E-state index is -0.588. The minimum Gasteiger partial charge on any atom is -0.272 e. The van der Waals surface area contributed by atoms with Crippen molar-refractivity contribution in [3.8, 4) is 0 Å². The van der Waals surface area contributed by atoms with E-state index in [2.05, 4.69) is 6.92 Å². The van der Waals surface area contributed by atoms with Crippen molar-refractivity contribution in [2.45, 2.75) is 26.2 Å². The van der Waals surface area contributed by atoms with Gasteiger partial charge in [0.1, 0.15) is 5.92 Å². The van der Waals surface area contributed by atoms with Crippen LogP contribution in [0.15, 0.2) is 60.7 Å². The van der Waals surface area contributed by atoms with Gasteiger partial charge in [0.05, 0.1) is 11.4 Å². The molecule has 5 heteroatoms. The molecule has 1 aliphatic heterocycles. The first-order valence-corrected chi connectivity index (χ1v) is 8.02. The highest BCUT2D eigenvalue weighted by molar-refractivity contribution is 6.22. The lowest BCUT2D eigenvalue weighted by Crippen LogP contribution is -2.41. The maximum absolute atomic E-state index is 12.9. The third-order valence-corrected chi connectivity index (χ3v) is 4.06. The molecule has 4 nitrogen and oxygen atoms in total. The van der Waals surface area contributed by atoms with Gasteiger partial charge >= 0.3 is 0 Å². The molecule has 0 unspecified atom stereocenters. The smallest absolute Gasteiger partial charge is 0.258 e. The Bertz CT molecular complexity index is 634. The average Bonchev–Trinajstić information content (AvgIpc) is 2.85. The van der Waals surface area contributed by atoms with Crippen LogP contribution in [0, 0.1) is 5.92 Å². The van der Waals surface area contributed by atoms with Crippen molar-refractivity contribution in [1.82, 2.24) is 0 Å². The molecule has 0 N–H and O–H groups in total. The molecule has 1 saturated heterocycles. The Morgan fingerprint density at radius 1 is 0.792 bits per heavy atom. The van der Waals surface area contributed by atoms with Gasteiger partial charge in [-0.25, -0.2) is 10.0 Å². The third kappa shape index (κ3) is 3.29. The van der Waals surface area contributed by atoms with Gasteiger partial charge in [0, 0.05) is 0 Å². The van der Waals surface area contributed by atoms with Crippen LogP contribution in [-0.4, -0.2) is 11.8 Å². The SMILES string of the molecule is CCCCC1C(=O)N(c2ccccc2)N(c2ccccc2)C1=O.Cl. The van der Waals surface area contributed by atoms with Crippen LogP contribution in [-0.2, 0) is 9.59 Å². The first-order chi connectivity index (χ1) is 11.2. The van der Waals surface area contributed by atoms with Crippen molar-refractivity contribution in [2.24, 2.45) is 5.92 Å². The highest BCUT2D eigenvalue weighted by atomic mass is 35.5. The van der Waals surface area contributed by atoms with Gasteiger partial charge < -0.3 is 0 Å². The van der Waals surface area contributed by atoms with Crippen LogP contribution in [0.5, 0.6) is 0 Å². The Morgan fingerprint density at radius 3 is 1.58 bits per heavy atom. The molecule has 0 aromatic heterocycles. The molecule has 2 amide bonds. The van der Waals surface area contributed by atoms with Crippen LogP contribution in [0.25, 0.3) is 0 Å². The summed E-state index contributed by atoms with van der Waals surface area (Å²) in [6.07, 6.45) is 2.43. The Kier molecular flexibility index (Phi) is 5.99. The lowest BCUT2D eigenvalue weighted by Gasteiger charge is -2.27. The number of carbonyl (C=O) groups excluding carboxylic acids is 2. The van der Waals surface area contributed by atoms with E-state index in [9.17, 15) is 9.59 Å². The standard InChI is InChI=1S/C19H20N2O2.ClH/c1-2-3-14-17-18(22)20(15-10-6-4-7-11-15)21(19(17)23)16-12-8-5-9-13-16;/h4-13,17H,2-3,14H2,1H3;1H. The van der Waals surface area contributed by atoms with Crippen LogP contribution >= 0.6 is 12.4 Å². The number of hydrazine groups is 1. The normalized spacial score (nSPS) is 14.9. The van der Waals surface area contributed by atoms with Gasteiger partial charge in [0.15, 0.2) is 0 Å². The molecule has 0 bridgehead atoms. The molecule has 24 heavy (non-hydrogen) atoms. The fourth-order valence-electron chi connectivity index (χ4n) is 2.88. The Morgan fingerprint density at radius 2 is 1.21 bits per heavy atom. The zero-order chi connectivity index (χ0) is 16.2. The number of anilines is 2. The molecule has 126 valence electrons. The summed E-state index contributed by atoms with van der Waals surface area (Å²) in [7, 11) is 0. The summed E-state index contributed by atoms with van der Waals surface area (Å²) in [5.74, 6) is -0.868. The van der Waals surface area contributed by atoms with E-state index in [1.54, 1.807) is 0 Å². The summed E-state index contributed by atoms with van der Waals surface area (Å²) in [5, 5.41) is 3.02. The summed E-state index contributed by atoms with van der Waals surface area (Å²) in [6.45, 7) is 2.06. The highest BCUT2D eigenvalue weighted by Crippen LogP contribution is 2.33. The van der Waals surface area contributed by atoms with Gasteiger partial charge in [-0.05, 0) is 30.7 Å². The lowest BCUT2D eigenvalue weighted by atomic mass is 10.0. The van der Waals surface area contributed by atoms with Gasteiger partial charge in [-0.15, -0.1) is 12.4 Å². The van der Waals surface area contributed by atoms with E-state index in [1.165, 1.54) is 10.0 Å². The van der Waals surface area contributed by atoms with Crippen molar-refractivity contribution in [3.63, 3.8) is 0 Å². The second kappa shape index (κ2) is 7.97. The number of halogens is 1. The number of rotatable bonds is 5. The average molecular weight is 345 g/mol. The second-order valence-corrected chi connectivity index (χ2v) is 5.67. The second-order valence-electron chi connectivity index (χ2n) is 5.67. The van der Waals surface area contributed by atoms with E-state index in [1.807, 2.05) is 60.7 Å². The molecular weight excluding hydrogens is 324 g/mol. The van der Waals surface area contributed by atoms with Crippen LogP contribution in [0.1, 0.15) is 26.2 Å². The molecular formula is C19H21ClN2O2. The topological polar surface area (TPSA) is 40.6 Å². The highest BCUT2D eigenvalue weighted by Gasteiger charge is 2.46. The van der Waals surface area contributed by atoms with Gasteiger partial charge in [-0.2, -0.15) is 0 Å². The number of nitrogens with zero attached hydrogens (tertiary/aromatic N) is 2. The quantitative estimate of drug-likeness (QED) is 0.762. The summed E-state index contributed by atoms with van der Waals surface area (Å²) in [6, 6.07) is 18.7. The molecule has 3 rings (SSSR count). The predicted molar refractivity (Wildman–Crippen MR) is 98.1 cm³/mol. The van der Waals surface area contributed by atoms with Gasteiger partial charge in [0.25, 0.3) is 11.8 Å². The number of benzene rings is 2. The van der Waals surface area contributed by atoms with E-state index in [-0.39, 0.29) is 24.2 Å². The summed E-state index contributed by atoms with van der Waals surface area (Å²) < 4.78 is 0. The van der Waals surface area contributed by atoms with Crippen LogP contribution < -0.4 is 10.0 Å². The van der Waals surface area contributed by atoms with E-state index in [4.69, 9.17) is 0 Å². The monoisotopic (exact) mass is 344 g/mol. The predicted octanol–water partition coefficient (Wildman–Crippen LogP) is 4.21. The lowest BCUT2D eigenvalue weighted by molar-refractivity contribution is -0.127.